The van der Waals surface area contributed by atoms with Gasteiger partial charge in [-0.05, 0) is 10.6 Å². The highest BCUT2D eigenvalue weighted by Crippen LogP contribution is 2.37. The topological polar surface area (TPSA) is 0 Å². The molecule has 0 aromatic heterocycles. The first-order valence-corrected chi connectivity index (χ1v) is 7.48. The van der Waals surface area contributed by atoms with Gasteiger partial charge in [0.2, 0.25) is 0 Å². The lowest BCUT2D eigenvalue weighted by Crippen LogP contribution is -2.42. The predicted octanol–water partition coefficient (Wildman–Crippen LogP) is 3.13. The molecule has 0 unspecified atom stereocenters. The molecule has 0 atom stereocenters. The van der Waals surface area contributed by atoms with Crippen molar-refractivity contribution in [2.75, 3.05) is 0 Å². The minimum Gasteiger partial charge on any atom is -0.0622 e. The Morgan fingerprint density at radius 1 is 1.08 bits per heavy atom. The highest BCUT2D eigenvalue weighted by atomic mass is 28.3. The van der Waals surface area contributed by atoms with E-state index < -0.39 is 8.80 Å². The first-order valence-electron chi connectivity index (χ1n) is 5.27. The van der Waals surface area contributed by atoms with Crippen molar-refractivity contribution in [2.24, 2.45) is 0 Å². The average molecular weight is 190 g/mol. The lowest BCUT2D eigenvalue weighted by molar-refractivity contribution is 0.686. The summed E-state index contributed by atoms with van der Waals surface area (Å²) in [5, 5.41) is 0.527. The molecule has 0 radical (unpaired) electrons. The van der Waals surface area contributed by atoms with Crippen LogP contribution in [0.25, 0.3) is 0 Å². The van der Waals surface area contributed by atoms with Crippen LogP contribution in [0.5, 0.6) is 0 Å². The molecule has 1 heterocycles. The largest absolute Gasteiger partial charge is 0.0622 e. The Balaban J connectivity index is 2.23. The SMILES string of the molecule is CC(C)(c1ccccc1)[SiH]1CCC1. The Hall–Kier alpha value is -0.563. The first kappa shape index (κ1) is 9.01. The zero-order valence-corrected chi connectivity index (χ0v) is 9.74. The number of rotatable bonds is 2. The van der Waals surface area contributed by atoms with Gasteiger partial charge in [0.1, 0.15) is 0 Å². The van der Waals surface area contributed by atoms with Crippen molar-refractivity contribution >= 4 is 8.80 Å². The van der Waals surface area contributed by atoms with Crippen LogP contribution in [0.4, 0.5) is 0 Å². The van der Waals surface area contributed by atoms with Crippen molar-refractivity contribution in [1.82, 2.24) is 0 Å². The summed E-state index contributed by atoms with van der Waals surface area (Å²) in [4.78, 5) is 0. The summed E-state index contributed by atoms with van der Waals surface area (Å²) in [7, 11) is -0.437. The van der Waals surface area contributed by atoms with Gasteiger partial charge in [-0.15, -0.1) is 0 Å². The summed E-state index contributed by atoms with van der Waals surface area (Å²) >= 11 is 0. The summed E-state index contributed by atoms with van der Waals surface area (Å²) in [5.41, 5.74) is 1.56. The average Bonchev–Trinajstić information content (AvgIpc) is 2.02. The molecule has 1 fully saturated rings. The van der Waals surface area contributed by atoms with Crippen LogP contribution in [0.15, 0.2) is 30.3 Å². The van der Waals surface area contributed by atoms with Crippen LogP contribution in [-0.2, 0) is 5.04 Å². The normalized spacial score (nSPS) is 18.3. The van der Waals surface area contributed by atoms with Crippen LogP contribution >= 0.6 is 0 Å². The number of benzene rings is 1. The van der Waals surface area contributed by atoms with E-state index in [2.05, 4.69) is 44.2 Å². The van der Waals surface area contributed by atoms with Gasteiger partial charge < -0.3 is 0 Å². The molecule has 0 amide bonds. The van der Waals surface area contributed by atoms with Crippen LogP contribution in [0.2, 0.25) is 12.1 Å². The standard InChI is InChI=1S/C12H18Si/c1-12(2,13-9-6-10-13)11-7-4-3-5-8-11/h3-5,7-8,13H,6,9-10H2,1-2H3. The number of hydrogen-bond donors (Lipinski definition) is 0. The highest BCUT2D eigenvalue weighted by molar-refractivity contribution is 6.64. The van der Waals surface area contributed by atoms with E-state index in [0.717, 1.165) is 0 Å². The lowest BCUT2D eigenvalue weighted by atomic mass is 10.0. The second kappa shape index (κ2) is 3.30. The molecule has 0 bridgehead atoms. The lowest BCUT2D eigenvalue weighted by Gasteiger charge is -2.39. The molecule has 0 N–H and O–H groups in total. The smallest absolute Gasteiger partial charge is 0.0481 e. The highest BCUT2D eigenvalue weighted by Gasteiger charge is 2.36. The molecule has 0 nitrogen and oxygen atoms in total. The maximum Gasteiger partial charge on any atom is 0.0481 e. The van der Waals surface area contributed by atoms with E-state index in [9.17, 15) is 0 Å². The quantitative estimate of drug-likeness (QED) is 0.629. The predicted molar refractivity (Wildman–Crippen MR) is 60.8 cm³/mol. The summed E-state index contributed by atoms with van der Waals surface area (Å²) in [6, 6.07) is 14.2. The zero-order valence-electron chi connectivity index (χ0n) is 8.59. The van der Waals surface area contributed by atoms with E-state index in [1.165, 1.54) is 6.42 Å². The van der Waals surface area contributed by atoms with Crippen molar-refractivity contribution in [3.05, 3.63) is 35.9 Å². The molecule has 1 aromatic rings. The van der Waals surface area contributed by atoms with Crippen molar-refractivity contribution < 1.29 is 0 Å². The second-order valence-corrected chi connectivity index (χ2v) is 8.71. The van der Waals surface area contributed by atoms with E-state index in [4.69, 9.17) is 0 Å². The molecule has 1 heteroatoms. The van der Waals surface area contributed by atoms with Gasteiger partial charge >= 0.3 is 0 Å². The van der Waals surface area contributed by atoms with E-state index in [1.807, 2.05) is 0 Å². The van der Waals surface area contributed by atoms with Gasteiger partial charge in [-0.25, -0.2) is 0 Å². The minimum absolute atomic E-state index is 0.437. The third-order valence-electron chi connectivity index (χ3n) is 3.64. The molecule has 0 aliphatic carbocycles. The summed E-state index contributed by atoms with van der Waals surface area (Å²) in [6.45, 7) is 4.89. The molecule has 70 valence electrons. The van der Waals surface area contributed by atoms with Crippen LogP contribution < -0.4 is 0 Å². The van der Waals surface area contributed by atoms with Crippen LogP contribution in [0.1, 0.15) is 25.8 Å². The molecule has 0 saturated carbocycles. The number of hydrogen-bond acceptors (Lipinski definition) is 0. The Morgan fingerprint density at radius 2 is 1.69 bits per heavy atom. The van der Waals surface area contributed by atoms with Crippen LogP contribution in [0.3, 0.4) is 0 Å². The van der Waals surface area contributed by atoms with E-state index in [1.54, 1.807) is 17.7 Å². The molecule has 2 rings (SSSR count). The van der Waals surface area contributed by atoms with Crippen LogP contribution in [0, 0.1) is 0 Å². The molecule has 13 heavy (non-hydrogen) atoms. The maximum atomic E-state index is 2.44. The molecule has 1 saturated heterocycles. The third kappa shape index (κ3) is 1.57. The van der Waals surface area contributed by atoms with E-state index in [0.29, 0.717) is 5.04 Å². The summed E-state index contributed by atoms with van der Waals surface area (Å²) in [6.07, 6.45) is 1.49. The first-order chi connectivity index (χ1) is 6.21. The Morgan fingerprint density at radius 3 is 2.15 bits per heavy atom. The van der Waals surface area contributed by atoms with Gasteiger partial charge in [0.05, 0.1) is 0 Å². The fourth-order valence-electron chi connectivity index (χ4n) is 2.23. The zero-order chi connectivity index (χ0) is 9.31. The fourth-order valence-corrected chi connectivity index (χ4v) is 5.16. The summed E-state index contributed by atoms with van der Waals surface area (Å²) in [5.74, 6) is 0. The Kier molecular flexibility index (Phi) is 2.29. The third-order valence-corrected chi connectivity index (χ3v) is 8.23. The van der Waals surface area contributed by atoms with Crippen molar-refractivity contribution in [3.63, 3.8) is 0 Å². The molecule has 1 aliphatic heterocycles. The monoisotopic (exact) mass is 190 g/mol. The molecule has 0 spiro atoms. The van der Waals surface area contributed by atoms with Crippen molar-refractivity contribution in [2.45, 2.75) is 37.4 Å². The fraction of sp³-hybridized carbons (Fsp3) is 0.500. The second-order valence-electron chi connectivity index (χ2n) is 4.72. The van der Waals surface area contributed by atoms with Crippen LogP contribution in [-0.4, -0.2) is 8.80 Å². The van der Waals surface area contributed by atoms with Gasteiger partial charge in [0.15, 0.2) is 0 Å². The van der Waals surface area contributed by atoms with Gasteiger partial charge in [-0.1, -0.05) is 62.7 Å². The van der Waals surface area contributed by atoms with Gasteiger partial charge in [-0.3, -0.25) is 0 Å². The van der Waals surface area contributed by atoms with E-state index >= 15 is 0 Å². The van der Waals surface area contributed by atoms with Gasteiger partial charge in [0, 0.05) is 8.80 Å². The Labute approximate surface area is 82.6 Å². The van der Waals surface area contributed by atoms with Crippen molar-refractivity contribution in [1.29, 1.82) is 0 Å². The van der Waals surface area contributed by atoms with E-state index in [-0.39, 0.29) is 0 Å². The Bertz CT molecular complexity index is 272. The minimum atomic E-state index is -0.437. The molecule has 1 aliphatic rings. The maximum absolute atomic E-state index is 2.44. The van der Waals surface area contributed by atoms with Gasteiger partial charge in [-0.2, -0.15) is 0 Å². The molecule has 1 aromatic carbocycles. The van der Waals surface area contributed by atoms with Gasteiger partial charge in [0.25, 0.3) is 0 Å². The van der Waals surface area contributed by atoms with Crippen molar-refractivity contribution in [3.8, 4) is 0 Å². The molecular formula is C12H18Si. The summed E-state index contributed by atoms with van der Waals surface area (Å²) < 4.78 is 0. The molecular weight excluding hydrogens is 172 g/mol.